The van der Waals surface area contributed by atoms with Crippen LogP contribution >= 0.6 is 0 Å². The second-order valence-corrected chi connectivity index (χ2v) is 7.31. The Kier molecular flexibility index (Phi) is 5.42. The average molecular weight is 387 g/mol. The number of hydrogen-bond acceptors (Lipinski definition) is 4. The molecule has 6 nitrogen and oxygen atoms in total. The van der Waals surface area contributed by atoms with E-state index in [1.54, 1.807) is 6.33 Å². The van der Waals surface area contributed by atoms with Gasteiger partial charge in [-0.1, -0.05) is 49.0 Å². The lowest BCUT2D eigenvalue weighted by Crippen LogP contribution is -2.48. The third-order valence-electron chi connectivity index (χ3n) is 5.43. The quantitative estimate of drug-likeness (QED) is 0.632. The summed E-state index contributed by atoms with van der Waals surface area (Å²) >= 11 is 0. The van der Waals surface area contributed by atoms with Crippen molar-refractivity contribution >= 4 is 22.8 Å². The molecule has 1 aromatic heterocycles. The van der Waals surface area contributed by atoms with Crippen molar-refractivity contribution in [3.05, 3.63) is 78.5 Å². The monoisotopic (exact) mass is 387 g/mol. The third kappa shape index (κ3) is 4.21. The SMILES string of the molecule is C=C(/C=C\c1nncn1C)N1CCN(C(=O)Cc2cccc3ccccc23)CC1. The van der Waals surface area contributed by atoms with E-state index in [0.29, 0.717) is 19.5 Å². The fourth-order valence-electron chi connectivity index (χ4n) is 3.68. The summed E-state index contributed by atoms with van der Waals surface area (Å²) in [7, 11) is 1.91. The van der Waals surface area contributed by atoms with Crippen molar-refractivity contribution in [3.8, 4) is 0 Å². The fourth-order valence-corrected chi connectivity index (χ4v) is 3.68. The Morgan fingerprint density at radius 2 is 1.79 bits per heavy atom. The number of carbonyl (C=O) groups is 1. The average Bonchev–Trinajstić information content (AvgIpc) is 3.17. The summed E-state index contributed by atoms with van der Waals surface area (Å²) in [4.78, 5) is 17.0. The molecule has 1 aliphatic heterocycles. The van der Waals surface area contributed by atoms with Crippen LogP contribution in [0.3, 0.4) is 0 Å². The first-order chi connectivity index (χ1) is 14.1. The van der Waals surface area contributed by atoms with E-state index in [2.05, 4.69) is 45.9 Å². The summed E-state index contributed by atoms with van der Waals surface area (Å²) < 4.78 is 1.85. The number of rotatable bonds is 5. The number of aromatic nitrogens is 3. The molecule has 0 radical (unpaired) electrons. The van der Waals surface area contributed by atoms with Crippen molar-refractivity contribution in [2.75, 3.05) is 26.2 Å². The van der Waals surface area contributed by atoms with E-state index >= 15 is 0 Å². The molecule has 29 heavy (non-hydrogen) atoms. The van der Waals surface area contributed by atoms with Crippen LogP contribution in [0.4, 0.5) is 0 Å². The first kappa shape index (κ1) is 18.9. The van der Waals surface area contributed by atoms with Gasteiger partial charge in [-0.25, -0.2) is 0 Å². The standard InChI is InChI=1S/C23H25N5O/c1-18(10-11-22-25-24-17-26(22)2)27-12-14-28(15-13-27)23(29)16-20-8-5-7-19-6-3-4-9-21(19)20/h3-11,17H,1,12-16H2,2H3/b11-10-. The molecule has 0 N–H and O–H groups in total. The van der Waals surface area contributed by atoms with E-state index in [1.165, 1.54) is 5.39 Å². The van der Waals surface area contributed by atoms with E-state index in [9.17, 15) is 4.79 Å². The van der Waals surface area contributed by atoms with Gasteiger partial charge < -0.3 is 14.4 Å². The Balaban J connectivity index is 1.34. The highest BCUT2D eigenvalue weighted by Gasteiger charge is 2.21. The van der Waals surface area contributed by atoms with Gasteiger partial charge in [0.15, 0.2) is 5.82 Å². The number of hydrogen-bond donors (Lipinski definition) is 0. The molecule has 2 heterocycles. The van der Waals surface area contributed by atoms with Gasteiger partial charge in [-0.05, 0) is 28.5 Å². The molecule has 3 aromatic rings. The summed E-state index contributed by atoms with van der Waals surface area (Å²) in [5.74, 6) is 0.969. The molecule has 4 rings (SSSR count). The van der Waals surface area contributed by atoms with Gasteiger partial charge in [0.1, 0.15) is 6.33 Å². The minimum Gasteiger partial charge on any atom is -0.368 e. The Labute approximate surface area is 170 Å². The zero-order valence-electron chi connectivity index (χ0n) is 16.7. The van der Waals surface area contributed by atoms with Crippen molar-refractivity contribution in [3.63, 3.8) is 0 Å². The maximum atomic E-state index is 12.9. The maximum absolute atomic E-state index is 12.9. The van der Waals surface area contributed by atoms with Gasteiger partial charge in [-0.3, -0.25) is 4.79 Å². The molecule has 0 aliphatic carbocycles. The minimum absolute atomic E-state index is 0.182. The highest BCUT2D eigenvalue weighted by molar-refractivity contribution is 5.90. The molecular weight excluding hydrogens is 362 g/mol. The van der Waals surface area contributed by atoms with Gasteiger partial charge in [0.25, 0.3) is 0 Å². The number of benzene rings is 2. The third-order valence-corrected chi connectivity index (χ3v) is 5.43. The van der Waals surface area contributed by atoms with Crippen LogP contribution in [0.25, 0.3) is 16.8 Å². The molecule has 2 aromatic carbocycles. The van der Waals surface area contributed by atoms with Gasteiger partial charge >= 0.3 is 0 Å². The molecule has 0 saturated carbocycles. The van der Waals surface area contributed by atoms with Crippen LogP contribution in [0.2, 0.25) is 0 Å². The zero-order valence-corrected chi connectivity index (χ0v) is 16.7. The smallest absolute Gasteiger partial charge is 0.227 e. The Bertz CT molecular complexity index is 1050. The highest BCUT2D eigenvalue weighted by Crippen LogP contribution is 2.20. The molecule has 6 heteroatoms. The Morgan fingerprint density at radius 1 is 1.07 bits per heavy atom. The normalized spacial score (nSPS) is 14.7. The van der Waals surface area contributed by atoms with Crippen LogP contribution in [0.5, 0.6) is 0 Å². The van der Waals surface area contributed by atoms with Crippen LogP contribution in [0, 0.1) is 0 Å². The number of amides is 1. The van der Waals surface area contributed by atoms with Crippen molar-refractivity contribution in [1.82, 2.24) is 24.6 Å². The van der Waals surface area contributed by atoms with Crippen LogP contribution in [-0.4, -0.2) is 56.7 Å². The maximum Gasteiger partial charge on any atom is 0.227 e. The lowest BCUT2D eigenvalue weighted by molar-refractivity contribution is -0.131. The van der Waals surface area contributed by atoms with Crippen molar-refractivity contribution < 1.29 is 4.79 Å². The van der Waals surface area contributed by atoms with Crippen LogP contribution in [0.15, 0.2) is 67.1 Å². The lowest BCUT2D eigenvalue weighted by Gasteiger charge is -2.36. The largest absolute Gasteiger partial charge is 0.368 e. The van der Waals surface area contributed by atoms with E-state index in [-0.39, 0.29) is 5.91 Å². The van der Waals surface area contributed by atoms with Crippen LogP contribution < -0.4 is 0 Å². The molecule has 1 aliphatic rings. The number of allylic oxidation sites excluding steroid dienone is 1. The summed E-state index contributed by atoms with van der Waals surface area (Å²) in [6.45, 7) is 7.14. The number of piperazine rings is 1. The second kappa shape index (κ2) is 8.31. The van der Waals surface area contributed by atoms with Crippen LogP contribution in [0.1, 0.15) is 11.4 Å². The Hall–Kier alpha value is -3.41. The van der Waals surface area contributed by atoms with Gasteiger partial charge in [0.2, 0.25) is 5.91 Å². The van der Waals surface area contributed by atoms with Crippen LogP contribution in [-0.2, 0) is 18.3 Å². The second-order valence-electron chi connectivity index (χ2n) is 7.31. The molecule has 0 bridgehead atoms. The summed E-state index contributed by atoms with van der Waals surface area (Å²) in [5, 5.41) is 10.2. The van der Waals surface area contributed by atoms with E-state index in [1.807, 2.05) is 46.9 Å². The van der Waals surface area contributed by atoms with E-state index < -0.39 is 0 Å². The molecule has 0 atom stereocenters. The van der Waals surface area contributed by atoms with Gasteiger partial charge in [0.05, 0.1) is 6.42 Å². The minimum atomic E-state index is 0.182. The predicted octanol–water partition coefficient (Wildman–Crippen LogP) is 2.88. The molecule has 0 unspecified atom stereocenters. The summed E-state index contributed by atoms with van der Waals surface area (Å²) in [6.07, 6.45) is 5.97. The summed E-state index contributed by atoms with van der Waals surface area (Å²) in [5.41, 5.74) is 2.01. The fraction of sp³-hybridized carbons (Fsp3) is 0.261. The van der Waals surface area contributed by atoms with Crippen molar-refractivity contribution in [2.24, 2.45) is 7.05 Å². The number of carbonyl (C=O) groups excluding carboxylic acids is 1. The zero-order chi connectivity index (χ0) is 20.2. The first-order valence-corrected chi connectivity index (χ1v) is 9.82. The van der Waals surface area contributed by atoms with Crippen molar-refractivity contribution in [1.29, 1.82) is 0 Å². The van der Waals surface area contributed by atoms with Crippen molar-refractivity contribution in [2.45, 2.75) is 6.42 Å². The topological polar surface area (TPSA) is 54.3 Å². The lowest BCUT2D eigenvalue weighted by atomic mass is 10.0. The highest BCUT2D eigenvalue weighted by atomic mass is 16.2. The number of aryl methyl sites for hydroxylation is 1. The van der Waals surface area contributed by atoms with Gasteiger partial charge in [-0.15, -0.1) is 10.2 Å². The molecular formula is C23H25N5O. The molecule has 1 amide bonds. The predicted molar refractivity (Wildman–Crippen MR) is 115 cm³/mol. The van der Waals surface area contributed by atoms with E-state index in [0.717, 1.165) is 35.6 Å². The molecule has 148 valence electrons. The summed E-state index contributed by atoms with van der Waals surface area (Å²) in [6, 6.07) is 14.4. The number of nitrogens with zero attached hydrogens (tertiary/aromatic N) is 5. The molecule has 0 spiro atoms. The van der Waals surface area contributed by atoms with Gasteiger partial charge in [0, 0.05) is 38.9 Å². The first-order valence-electron chi connectivity index (χ1n) is 9.82. The number of fused-ring (bicyclic) bond motifs is 1. The molecule has 1 saturated heterocycles. The Morgan fingerprint density at radius 3 is 2.55 bits per heavy atom. The van der Waals surface area contributed by atoms with Gasteiger partial charge in [-0.2, -0.15) is 0 Å². The van der Waals surface area contributed by atoms with E-state index in [4.69, 9.17) is 0 Å². The molecule has 1 fully saturated rings.